The van der Waals surface area contributed by atoms with Gasteiger partial charge >= 0.3 is 5.69 Å². The molecular weight excluding hydrogens is 242 g/mol. The van der Waals surface area contributed by atoms with Crippen molar-refractivity contribution < 1.29 is 5.11 Å². The standard InChI is InChI=1S/C14H23N3O2/c1-8(2)13-10(6-9(3)7-11(13)18)16-12-4-5-15-14(19)17-12/h4-5,8-11,13,18H,6-7H2,1-3H3,(H2,15,16,17,19). The number of hydrogen-bond acceptors (Lipinski definition) is 4. The number of aliphatic hydroxyl groups excluding tert-OH is 1. The van der Waals surface area contributed by atoms with E-state index in [1.54, 1.807) is 12.3 Å². The van der Waals surface area contributed by atoms with Crippen LogP contribution in [0.1, 0.15) is 33.6 Å². The van der Waals surface area contributed by atoms with Crippen LogP contribution in [-0.2, 0) is 0 Å². The lowest BCUT2D eigenvalue weighted by atomic mass is 9.72. The molecule has 1 fully saturated rings. The Bertz CT molecular complexity index is 472. The van der Waals surface area contributed by atoms with Crippen molar-refractivity contribution in [2.45, 2.75) is 45.8 Å². The summed E-state index contributed by atoms with van der Waals surface area (Å²) in [5.41, 5.74) is -0.351. The summed E-state index contributed by atoms with van der Waals surface area (Å²) in [5.74, 6) is 1.64. The summed E-state index contributed by atoms with van der Waals surface area (Å²) in [6.07, 6.45) is 3.14. The molecule has 1 aliphatic carbocycles. The van der Waals surface area contributed by atoms with E-state index in [0.717, 1.165) is 12.8 Å². The number of hydrogen-bond donors (Lipinski definition) is 3. The molecule has 4 unspecified atom stereocenters. The molecule has 2 rings (SSSR count). The molecule has 0 saturated heterocycles. The molecule has 106 valence electrons. The monoisotopic (exact) mass is 265 g/mol. The fourth-order valence-electron chi connectivity index (χ4n) is 3.23. The van der Waals surface area contributed by atoms with Gasteiger partial charge in [0.1, 0.15) is 5.82 Å². The predicted molar refractivity (Wildman–Crippen MR) is 75.0 cm³/mol. The maximum absolute atomic E-state index is 11.2. The molecule has 1 heterocycles. The Balaban J connectivity index is 2.17. The topological polar surface area (TPSA) is 78.0 Å². The number of nitrogens with one attached hydrogen (secondary N) is 2. The van der Waals surface area contributed by atoms with E-state index in [2.05, 4.69) is 36.1 Å². The summed E-state index contributed by atoms with van der Waals surface area (Å²) in [6.45, 7) is 6.41. The lowest BCUT2D eigenvalue weighted by molar-refractivity contribution is 0.0183. The third-order valence-electron chi connectivity index (χ3n) is 3.98. The first-order valence-electron chi connectivity index (χ1n) is 6.97. The third kappa shape index (κ3) is 3.35. The first kappa shape index (κ1) is 14.1. The highest BCUT2D eigenvalue weighted by Crippen LogP contribution is 2.35. The molecule has 5 heteroatoms. The van der Waals surface area contributed by atoms with E-state index in [0.29, 0.717) is 17.7 Å². The van der Waals surface area contributed by atoms with Crippen molar-refractivity contribution in [3.8, 4) is 0 Å². The van der Waals surface area contributed by atoms with Gasteiger partial charge in [0.15, 0.2) is 0 Å². The lowest BCUT2D eigenvalue weighted by Gasteiger charge is -2.41. The van der Waals surface area contributed by atoms with Crippen LogP contribution in [0.2, 0.25) is 0 Å². The van der Waals surface area contributed by atoms with Crippen LogP contribution in [0.5, 0.6) is 0 Å². The third-order valence-corrected chi connectivity index (χ3v) is 3.98. The molecule has 5 nitrogen and oxygen atoms in total. The summed E-state index contributed by atoms with van der Waals surface area (Å²) in [7, 11) is 0. The van der Waals surface area contributed by atoms with E-state index in [9.17, 15) is 9.90 Å². The molecule has 1 aromatic heterocycles. The largest absolute Gasteiger partial charge is 0.393 e. The van der Waals surface area contributed by atoms with Gasteiger partial charge in [-0.2, -0.15) is 4.98 Å². The van der Waals surface area contributed by atoms with E-state index in [1.165, 1.54) is 0 Å². The molecule has 19 heavy (non-hydrogen) atoms. The number of aliphatic hydroxyl groups is 1. The number of anilines is 1. The molecule has 0 radical (unpaired) electrons. The summed E-state index contributed by atoms with van der Waals surface area (Å²) >= 11 is 0. The first-order chi connectivity index (χ1) is 8.97. The van der Waals surface area contributed by atoms with Crippen molar-refractivity contribution in [3.63, 3.8) is 0 Å². The van der Waals surface area contributed by atoms with Gasteiger partial charge in [-0.3, -0.25) is 0 Å². The Morgan fingerprint density at radius 1 is 1.47 bits per heavy atom. The molecule has 0 bridgehead atoms. The lowest BCUT2D eigenvalue weighted by Crippen LogP contribution is -2.46. The zero-order chi connectivity index (χ0) is 14.0. The van der Waals surface area contributed by atoms with Crippen LogP contribution in [0.15, 0.2) is 17.1 Å². The normalized spacial score (nSPS) is 31.4. The highest BCUT2D eigenvalue weighted by molar-refractivity contribution is 5.33. The Morgan fingerprint density at radius 3 is 2.84 bits per heavy atom. The number of aromatic nitrogens is 2. The SMILES string of the molecule is CC1CC(O)C(C(C)C)C(Nc2cc[nH]c(=O)n2)C1. The number of nitrogens with zero attached hydrogens (tertiary/aromatic N) is 1. The number of H-pyrrole nitrogens is 1. The van der Waals surface area contributed by atoms with Crippen LogP contribution >= 0.6 is 0 Å². The van der Waals surface area contributed by atoms with Crippen LogP contribution < -0.4 is 11.0 Å². The van der Waals surface area contributed by atoms with Crippen LogP contribution in [0.3, 0.4) is 0 Å². The van der Waals surface area contributed by atoms with Gasteiger partial charge in [0.25, 0.3) is 0 Å². The second-order valence-corrected chi connectivity index (χ2v) is 6.00. The van der Waals surface area contributed by atoms with E-state index < -0.39 is 0 Å². The van der Waals surface area contributed by atoms with Crippen molar-refractivity contribution in [2.75, 3.05) is 5.32 Å². The molecule has 0 aliphatic heterocycles. The smallest absolute Gasteiger partial charge is 0.346 e. The van der Waals surface area contributed by atoms with Gasteiger partial charge in [-0.25, -0.2) is 4.79 Å². The average molecular weight is 265 g/mol. The molecule has 3 N–H and O–H groups in total. The Labute approximate surface area is 113 Å². The average Bonchev–Trinajstić information content (AvgIpc) is 2.26. The fourth-order valence-corrected chi connectivity index (χ4v) is 3.23. The first-order valence-corrected chi connectivity index (χ1v) is 6.97. The molecule has 4 atom stereocenters. The minimum atomic E-state index is -0.351. The van der Waals surface area contributed by atoms with Crippen molar-refractivity contribution in [2.24, 2.45) is 17.8 Å². The highest BCUT2D eigenvalue weighted by atomic mass is 16.3. The van der Waals surface area contributed by atoms with Crippen molar-refractivity contribution in [1.29, 1.82) is 0 Å². The van der Waals surface area contributed by atoms with E-state index in [-0.39, 0.29) is 23.8 Å². The number of rotatable bonds is 3. The molecule has 1 aliphatic rings. The van der Waals surface area contributed by atoms with Crippen molar-refractivity contribution in [1.82, 2.24) is 9.97 Å². The van der Waals surface area contributed by atoms with E-state index in [4.69, 9.17) is 0 Å². The van der Waals surface area contributed by atoms with Crippen LogP contribution in [0, 0.1) is 17.8 Å². The quantitative estimate of drug-likeness (QED) is 0.776. The number of aromatic amines is 1. The Morgan fingerprint density at radius 2 is 2.21 bits per heavy atom. The maximum Gasteiger partial charge on any atom is 0.346 e. The second kappa shape index (κ2) is 5.74. The molecule has 0 spiro atoms. The van der Waals surface area contributed by atoms with Gasteiger partial charge in [-0.15, -0.1) is 0 Å². The zero-order valence-electron chi connectivity index (χ0n) is 11.8. The molecule has 0 aromatic carbocycles. The second-order valence-electron chi connectivity index (χ2n) is 6.00. The minimum absolute atomic E-state index is 0.160. The van der Waals surface area contributed by atoms with Crippen LogP contribution in [0.25, 0.3) is 0 Å². The van der Waals surface area contributed by atoms with Crippen molar-refractivity contribution >= 4 is 5.82 Å². The predicted octanol–water partition coefficient (Wildman–Crippen LogP) is 1.61. The van der Waals surface area contributed by atoms with Gasteiger partial charge < -0.3 is 15.4 Å². The molecule has 1 saturated carbocycles. The van der Waals surface area contributed by atoms with Crippen molar-refractivity contribution in [3.05, 3.63) is 22.7 Å². The Kier molecular flexibility index (Phi) is 4.24. The molecule has 0 amide bonds. The van der Waals surface area contributed by atoms with Gasteiger partial charge in [0, 0.05) is 18.2 Å². The van der Waals surface area contributed by atoms with Gasteiger partial charge in [-0.05, 0) is 30.7 Å². The van der Waals surface area contributed by atoms with Gasteiger partial charge in [0.2, 0.25) is 0 Å². The van der Waals surface area contributed by atoms with E-state index in [1.807, 2.05) is 0 Å². The van der Waals surface area contributed by atoms with Gasteiger partial charge in [-0.1, -0.05) is 20.8 Å². The summed E-state index contributed by atoms with van der Waals surface area (Å²) in [4.78, 5) is 17.6. The van der Waals surface area contributed by atoms with Crippen LogP contribution in [0.4, 0.5) is 5.82 Å². The van der Waals surface area contributed by atoms with Crippen LogP contribution in [-0.4, -0.2) is 27.2 Å². The fraction of sp³-hybridized carbons (Fsp3) is 0.714. The summed E-state index contributed by atoms with van der Waals surface area (Å²) in [6, 6.07) is 1.91. The minimum Gasteiger partial charge on any atom is -0.393 e. The summed E-state index contributed by atoms with van der Waals surface area (Å²) in [5, 5.41) is 13.6. The highest BCUT2D eigenvalue weighted by Gasteiger charge is 2.37. The van der Waals surface area contributed by atoms with E-state index >= 15 is 0 Å². The molecular formula is C14H23N3O2. The Hall–Kier alpha value is -1.36. The molecule has 1 aromatic rings. The van der Waals surface area contributed by atoms with Gasteiger partial charge in [0.05, 0.1) is 6.10 Å². The maximum atomic E-state index is 11.2. The summed E-state index contributed by atoms with van der Waals surface area (Å²) < 4.78 is 0. The zero-order valence-corrected chi connectivity index (χ0v) is 11.8.